The van der Waals surface area contributed by atoms with Crippen LogP contribution in [0.5, 0.6) is 0 Å². The minimum atomic E-state index is -0.592. The predicted molar refractivity (Wildman–Crippen MR) is 62.9 cm³/mol. The zero-order valence-electron chi connectivity index (χ0n) is 9.07. The Morgan fingerprint density at radius 1 is 1.31 bits per heavy atom. The van der Waals surface area contributed by atoms with Crippen LogP contribution in [0.25, 0.3) is 0 Å². The summed E-state index contributed by atoms with van der Waals surface area (Å²) in [4.78, 5) is 22.6. The van der Waals surface area contributed by atoms with Crippen LogP contribution in [0.2, 0.25) is 0 Å². The van der Waals surface area contributed by atoms with Gasteiger partial charge in [-0.1, -0.05) is 24.8 Å². The fraction of sp³-hybridized carbons (Fsp3) is 0.167. The summed E-state index contributed by atoms with van der Waals surface area (Å²) in [5.74, 6) is -0.628. The van der Waals surface area contributed by atoms with Crippen molar-refractivity contribution < 1.29 is 9.59 Å². The number of hydrogen-bond acceptors (Lipinski definition) is 2. The summed E-state index contributed by atoms with van der Waals surface area (Å²) in [6, 6.07) is 8.47. The Labute approximate surface area is 94.4 Å². The standard InChI is InChI=1S/C12H14N2O2/c1-3-11(15)13-9(2)12(16)14-10-7-5-4-6-8-10/h3-9H,1H2,2H3,(H,13,15)(H,14,16)/t9-/m0/s1. The highest BCUT2D eigenvalue weighted by Crippen LogP contribution is 2.05. The second kappa shape index (κ2) is 5.70. The summed E-state index contributed by atoms with van der Waals surface area (Å²) < 4.78 is 0. The Morgan fingerprint density at radius 3 is 2.50 bits per heavy atom. The number of amides is 2. The topological polar surface area (TPSA) is 58.2 Å². The molecule has 0 aliphatic heterocycles. The number of rotatable bonds is 4. The van der Waals surface area contributed by atoms with Crippen LogP contribution in [0.4, 0.5) is 5.69 Å². The van der Waals surface area contributed by atoms with Crippen LogP contribution in [0.15, 0.2) is 43.0 Å². The van der Waals surface area contributed by atoms with Gasteiger partial charge in [-0.3, -0.25) is 9.59 Å². The van der Waals surface area contributed by atoms with E-state index in [1.54, 1.807) is 19.1 Å². The first-order valence-corrected chi connectivity index (χ1v) is 4.92. The Morgan fingerprint density at radius 2 is 1.94 bits per heavy atom. The highest BCUT2D eigenvalue weighted by molar-refractivity contribution is 5.98. The lowest BCUT2D eigenvalue weighted by atomic mass is 10.2. The zero-order chi connectivity index (χ0) is 12.0. The predicted octanol–water partition coefficient (Wildman–Crippen LogP) is 1.32. The Balaban J connectivity index is 2.52. The molecular weight excluding hydrogens is 204 g/mol. The zero-order valence-corrected chi connectivity index (χ0v) is 9.07. The molecule has 2 N–H and O–H groups in total. The molecule has 0 saturated heterocycles. The molecule has 0 aliphatic carbocycles. The first-order chi connectivity index (χ1) is 7.63. The summed E-state index contributed by atoms with van der Waals surface area (Å²) in [6.45, 7) is 4.92. The van der Waals surface area contributed by atoms with Crippen LogP contribution < -0.4 is 10.6 Å². The number of para-hydroxylation sites is 1. The first-order valence-electron chi connectivity index (χ1n) is 4.92. The molecule has 1 rings (SSSR count). The highest BCUT2D eigenvalue weighted by atomic mass is 16.2. The third-order valence-electron chi connectivity index (χ3n) is 1.98. The average Bonchev–Trinajstić information content (AvgIpc) is 2.30. The van der Waals surface area contributed by atoms with Crippen molar-refractivity contribution >= 4 is 17.5 Å². The molecule has 0 heterocycles. The van der Waals surface area contributed by atoms with Crippen LogP contribution in [0.3, 0.4) is 0 Å². The maximum atomic E-state index is 11.6. The molecule has 0 fully saturated rings. The maximum absolute atomic E-state index is 11.6. The third kappa shape index (κ3) is 3.57. The molecule has 2 amide bonds. The van der Waals surface area contributed by atoms with Crippen LogP contribution >= 0.6 is 0 Å². The largest absolute Gasteiger partial charge is 0.341 e. The fourth-order valence-corrected chi connectivity index (χ4v) is 1.11. The molecule has 1 aromatic rings. The van der Waals surface area contributed by atoms with Crippen molar-refractivity contribution in [3.63, 3.8) is 0 Å². The van der Waals surface area contributed by atoms with Gasteiger partial charge in [-0.25, -0.2) is 0 Å². The van der Waals surface area contributed by atoms with Gasteiger partial charge in [0.15, 0.2) is 0 Å². The SMILES string of the molecule is C=CC(=O)N[C@@H](C)C(=O)Nc1ccccc1. The summed E-state index contributed by atoms with van der Waals surface area (Å²) in [5, 5.41) is 5.16. The fourth-order valence-electron chi connectivity index (χ4n) is 1.11. The van der Waals surface area contributed by atoms with Gasteiger partial charge < -0.3 is 10.6 Å². The molecule has 0 spiro atoms. The summed E-state index contributed by atoms with van der Waals surface area (Å²) in [7, 11) is 0. The van der Waals surface area contributed by atoms with E-state index < -0.39 is 6.04 Å². The molecule has 4 nitrogen and oxygen atoms in total. The van der Waals surface area contributed by atoms with Crippen molar-refractivity contribution in [2.45, 2.75) is 13.0 Å². The lowest BCUT2D eigenvalue weighted by molar-refractivity contribution is -0.123. The molecule has 0 radical (unpaired) electrons. The second-order valence-corrected chi connectivity index (χ2v) is 3.29. The molecule has 0 aliphatic rings. The summed E-state index contributed by atoms with van der Waals surface area (Å²) in [5.41, 5.74) is 0.701. The van der Waals surface area contributed by atoms with Crippen LogP contribution in [-0.4, -0.2) is 17.9 Å². The molecule has 1 atom stereocenters. The van der Waals surface area contributed by atoms with Crippen molar-refractivity contribution in [3.05, 3.63) is 43.0 Å². The summed E-state index contributed by atoms with van der Waals surface area (Å²) >= 11 is 0. The minimum Gasteiger partial charge on any atom is -0.341 e. The van der Waals surface area contributed by atoms with E-state index in [9.17, 15) is 9.59 Å². The minimum absolute atomic E-state index is 0.263. The normalized spacial score (nSPS) is 11.3. The Hall–Kier alpha value is -2.10. The number of anilines is 1. The number of carbonyl (C=O) groups excluding carboxylic acids is 2. The van der Waals surface area contributed by atoms with Gasteiger partial charge in [-0.2, -0.15) is 0 Å². The van der Waals surface area contributed by atoms with Gasteiger partial charge in [0.2, 0.25) is 11.8 Å². The van der Waals surface area contributed by atoms with E-state index in [2.05, 4.69) is 17.2 Å². The first kappa shape index (κ1) is 12.0. The quantitative estimate of drug-likeness (QED) is 0.749. The van der Waals surface area contributed by atoms with E-state index in [4.69, 9.17) is 0 Å². The van der Waals surface area contributed by atoms with Crippen molar-refractivity contribution in [2.24, 2.45) is 0 Å². The lowest BCUT2D eigenvalue weighted by Crippen LogP contribution is -2.40. The molecule has 0 unspecified atom stereocenters. The van der Waals surface area contributed by atoms with Gasteiger partial charge in [0, 0.05) is 5.69 Å². The van der Waals surface area contributed by atoms with Gasteiger partial charge in [0.25, 0.3) is 0 Å². The van der Waals surface area contributed by atoms with E-state index >= 15 is 0 Å². The molecule has 1 aromatic carbocycles. The molecule has 0 aromatic heterocycles. The Bertz CT molecular complexity index is 387. The van der Waals surface area contributed by atoms with E-state index in [1.165, 1.54) is 0 Å². The smallest absolute Gasteiger partial charge is 0.246 e. The van der Waals surface area contributed by atoms with E-state index in [0.29, 0.717) is 5.69 Å². The number of hydrogen-bond donors (Lipinski definition) is 2. The monoisotopic (exact) mass is 218 g/mol. The average molecular weight is 218 g/mol. The third-order valence-corrected chi connectivity index (χ3v) is 1.98. The number of benzene rings is 1. The molecule has 84 valence electrons. The number of carbonyl (C=O) groups is 2. The van der Waals surface area contributed by atoms with E-state index in [0.717, 1.165) is 6.08 Å². The van der Waals surface area contributed by atoms with E-state index in [1.807, 2.05) is 18.2 Å². The van der Waals surface area contributed by atoms with Crippen molar-refractivity contribution in [2.75, 3.05) is 5.32 Å². The molecule has 0 bridgehead atoms. The molecule has 0 saturated carbocycles. The molecule has 16 heavy (non-hydrogen) atoms. The van der Waals surface area contributed by atoms with Crippen molar-refractivity contribution in [3.8, 4) is 0 Å². The molecule has 4 heteroatoms. The van der Waals surface area contributed by atoms with Gasteiger partial charge in [0.05, 0.1) is 0 Å². The van der Waals surface area contributed by atoms with Crippen molar-refractivity contribution in [1.29, 1.82) is 0 Å². The van der Waals surface area contributed by atoms with Gasteiger partial charge in [-0.15, -0.1) is 0 Å². The van der Waals surface area contributed by atoms with Gasteiger partial charge in [-0.05, 0) is 25.1 Å². The number of nitrogens with one attached hydrogen (secondary N) is 2. The Kier molecular flexibility index (Phi) is 4.27. The van der Waals surface area contributed by atoms with Gasteiger partial charge >= 0.3 is 0 Å². The second-order valence-electron chi connectivity index (χ2n) is 3.29. The lowest BCUT2D eigenvalue weighted by Gasteiger charge is -2.12. The summed E-state index contributed by atoms with van der Waals surface area (Å²) in [6.07, 6.45) is 1.13. The van der Waals surface area contributed by atoms with Crippen molar-refractivity contribution in [1.82, 2.24) is 5.32 Å². The maximum Gasteiger partial charge on any atom is 0.246 e. The van der Waals surface area contributed by atoms with Crippen LogP contribution in [0.1, 0.15) is 6.92 Å². The van der Waals surface area contributed by atoms with Crippen LogP contribution in [-0.2, 0) is 9.59 Å². The molecular formula is C12H14N2O2. The van der Waals surface area contributed by atoms with Crippen LogP contribution in [0, 0.1) is 0 Å². The van der Waals surface area contributed by atoms with E-state index in [-0.39, 0.29) is 11.8 Å². The highest BCUT2D eigenvalue weighted by Gasteiger charge is 2.13. The van der Waals surface area contributed by atoms with Gasteiger partial charge in [0.1, 0.15) is 6.04 Å².